The fraction of sp³-hybridized carbons (Fsp3) is 0.240. The summed E-state index contributed by atoms with van der Waals surface area (Å²) in [6, 6.07) is 17.3. The number of rotatable bonds is 5. The van der Waals surface area contributed by atoms with Crippen LogP contribution in [0.15, 0.2) is 71.6 Å². The molecule has 1 amide bonds. The Hall–Kier alpha value is -3.59. The molecule has 9 heteroatoms. The van der Waals surface area contributed by atoms with Crippen LogP contribution in [0.25, 0.3) is 0 Å². The first kappa shape index (κ1) is 22.2. The number of sulfonamides is 1. The van der Waals surface area contributed by atoms with Gasteiger partial charge in [0.1, 0.15) is 25.6 Å². The van der Waals surface area contributed by atoms with Gasteiger partial charge in [-0.05, 0) is 53.9 Å². The molecule has 0 spiro atoms. The van der Waals surface area contributed by atoms with Gasteiger partial charge in [0.25, 0.3) is 10.0 Å². The van der Waals surface area contributed by atoms with Crippen molar-refractivity contribution in [2.24, 2.45) is 0 Å². The van der Waals surface area contributed by atoms with Crippen molar-refractivity contribution >= 4 is 21.6 Å². The lowest BCUT2D eigenvalue weighted by Crippen LogP contribution is -2.44. The van der Waals surface area contributed by atoms with Crippen molar-refractivity contribution in [3.63, 3.8) is 0 Å². The van der Waals surface area contributed by atoms with E-state index in [0.717, 1.165) is 9.87 Å². The Balaban J connectivity index is 1.46. The van der Waals surface area contributed by atoms with E-state index in [2.05, 4.69) is 0 Å². The molecule has 0 saturated heterocycles. The molecule has 5 rings (SSSR count). The monoisotopic (exact) mass is 482 g/mol. The van der Waals surface area contributed by atoms with Gasteiger partial charge < -0.3 is 14.4 Å². The van der Waals surface area contributed by atoms with Crippen molar-refractivity contribution < 1.29 is 27.1 Å². The van der Waals surface area contributed by atoms with Gasteiger partial charge in [-0.2, -0.15) is 0 Å². The van der Waals surface area contributed by atoms with Crippen LogP contribution in [0.4, 0.5) is 10.1 Å². The van der Waals surface area contributed by atoms with Crippen molar-refractivity contribution in [1.82, 2.24) is 4.90 Å². The van der Waals surface area contributed by atoms with Gasteiger partial charge in [-0.25, -0.2) is 12.8 Å². The molecule has 2 heterocycles. The van der Waals surface area contributed by atoms with Crippen LogP contribution in [-0.4, -0.2) is 45.5 Å². The van der Waals surface area contributed by atoms with Crippen molar-refractivity contribution in [1.29, 1.82) is 0 Å². The third-order valence-electron chi connectivity index (χ3n) is 5.98. The SMILES string of the molecule is O=C(CN(c1ccc(F)cc1)S(=O)(=O)c1ccc2c(c1)OCCO2)N1CCc2ccccc2C1. The minimum absolute atomic E-state index is 0.0436. The summed E-state index contributed by atoms with van der Waals surface area (Å²) in [6.45, 7) is 1.19. The second-order valence-electron chi connectivity index (χ2n) is 8.13. The molecule has 0 radical (unpaired) electrons. The minimum atomic E-state index is -4.17. The van der Waals surface area contributed by atoms with Gasteiger partial charge in [0.15, 0.2) is 11.5 Å². The van der Waals surface area contributed by atoms with Gasteiger partial charge in [-0.3, -0.25) is 9.10 Å². The van der Waals surface area contributed by atoms with Crippen LogP contribution in [0.3, 0.4) is 0 Å². The standard InChI is InChI=1S/C25H23FN2O5S/c26-20-5-7-21(8-6-20)28(17-25(29)27-12-11-18-3-1-2-4-19(18)16-27)34(30,31)22-9-10-23-24(15-22)33-14-13-32-23/h1-10,15H,11-14,16-17H2. The number of fused-ring (bicyclic) bond motifs is 2. The molecule has 0 bridgehead atoms. The summed E-state index contributed by atoms with van der Waals surface area (Å²) < 4.78 is 53.0. The van der Waals surface area contributed by atoms with Gasteiger partial charge in [-0.1, -0.05) is 24.3 Å². The quantitative estimate of drug-likeness (QED) is 0.557. The van der Waals surface area contributed by atoms with Crippen molar-refractivity contribution in [2.75, 3.05) is 30.6 Å². The molecule has 0 unspecified atom stereocenters. The third-order valence-corrected chi connectivity index (χ3v) is 7.75. The molecule has 34 heavy (non-hydrogen) atoms. The molecule has 0 saturated carbocycles. The average Bonchev–Trinajstić information content (AvgIpc) is 2.87. The summed E-state index contributed by atoms with van der Waals surface area (Å²) in [5, 5.41) is 0. The number of anilines is 1. The molecule has 3 aromatic carbocycles. The molecule has 7 nitrogen and oxygen atoms in total. The summed E-state index contributed by atoms with van der Waals surface area (Å²) in [5.41, 5.74) is 2.43. The number of nitrogens with zero attached hydrogens (tertiary/aromatic N) is 2. The molecule has 3 aromatic rings. The zero-order valence-electron chi connectivity index (χ0n) is 18.3. The highest BCUT2D eigenvalue weighted by molar-refractivity contribution is 7.92. The van der Waals surface area contributed by atoms with Crippen LogP contribution in [0, 0.1) is 5.82 Å². The second-order valence-corrected chi connectivity index (χ2v) is 9.99. The predicted octanol–water partition coefficient (Wildman–Crippen LogP) is 3.38. The maximum absolute atomic E-state index is 13.7. The normalized spacial score (nSPS) is 14.9. The van der Waals surface area contributed by atoms with E-state index in [-0.39, 0.29) is 16.5 Å². The largest absolute Gasteiger partial charge is 0.486 e. The summed E-state index contributed by atoms with van der Waals surface area (Å²) in [7, 11) is -4.17. The lowest BCUT2D eigenvalue weighted by atomic mass is 10.00. The van der Waals surface area contributed by atoms with Crippen molar-refractivity contribution in [2.45, 2.75) is 17.9 Å². The van der Waals surface area contributed by atoms with Crippen LogP contribution < -0.4 is 13.8 Å². The lowest BCUT2D eigenvalue weighted by molar-refractivity contribution is -0.130. The minimum Gasteiger partial charge on any atom is -0.486 e. The first-order valence-electron chi connectivity index (χ1n) is 10.9. The van der Waals surface area contributed by atoms with E-state index in [1.807, 2.05) is 24.3 Å². The number of benzene rings is 3. The Morgan fingerprint density at radius 2 is 1.65 bits per heavy atom. The molecule has 0 N–H and O–H groups in total. The van der Waals surface area contributed by atoms with Gasteiger partial charge in [0.05, 0.1) is 10.6 Å². The van der Waals surface area contributed by atoms with Crippen LogP contribution in [0.1, 0.15) is 11.1 Å². The molecular weight excluding hydrogens is 459 g/mol. The third kappa shape index (κ3) is 4.31. The van der Waals surface area contributed by atoms with Crippen molar-refractivity contribution in [3.8, 4) is 11.5 Å². The van der Waals surface area contributed by atoms with E-state index < -0.39 is 22.4 Å². The maximum Gasteiger partial charge on any atom is 0.264 e. The highest BCUT2D eigenvalue weighted by Crippen LogP contribution is 2.34. The first-order valence-corrected chi connectivity index (χ1v) is 12.4. The summed E-state index contributed by atoms with van der Waals surface area (Å²) in [4.78, 5) is 14.9. The smallest absolute Gasteiger partial charge is 0.264 e. The van der Waals surface area contributed by atoms with Gasteiger partial charge in [0, 0.05) is 19.2 Å². The Kier molecular flexibility index (Phi) is 5.87. The van der Waals surface area contributed by atoms with Crippen molar-refractivity contribution in [3.05, 3.63) is 83.7 Å². The van der Waals surface area contributed by atoms with Gasteiger partial charge >= 0.3 is 0 Å². The number of halogens is 1. The lowest BCUT2D eigenvalue weighted by Gasteiger charge is -2.32. The number of hydrogen-bond donors (Lipinski definition) is 0. The fourth-order valence-electron chi connectivity index (χ4n) is 4.17. The van der Waals surface area contributed by atoms with E-state index in [1.54, 1.807) is 4.90 Å². The molecular formula is C25H23FN2O5S. The second kappa shape index (κ2) is 8.98. The first-order chi connectivity index (χ1) is 16.4. The maximum atomic E-state index is 13.7. The number of carbonyl (C=O) groups excluding carboxylic acids is 1. The zero-order valence-corrected chi connectivity index (χ0v) is 19.1. The molecule has 0 aromatic heterocycles. The molecule has 2 aliphatic heterocycles. The number of ether oxygens (including phenoxy) is 2. The predicted molar refractivity (Wildman–Crippen MR) is 124 cm³/mol. The Bertz CT molecular complexity index is 1330. The molecule has 2 aliphatic rings. The van der Waals surface area contributed by atoms with E-state index in [9.17, 15) is 17.6 Å². The Labute approximate surface area is 197 Å². The molecule has 0 atom stereocenters. The fourth-order valence-corrected chi connectivity index (χ4v) is 5.60. The van der Waals surface area contributed by atoms with Gasteiger partial charge in [0.2, 0.25) is 5.91 Å². The highest BCUT2D eigenvalue weighted by atomic mass is 32.2. The van der Waals surface area contributed by atoms with E-state index in [1.165, 1.54) is 48.0 Å². The number of carbonyl (C=O) groups is 1. The van der Waals surface area contributed by atoms with Gasteiger partial charge in [-0.15, -0.1) is 0 Å². The summed E-state index contributed by atoms with van der Waals surface area (Å²) in [6.07, 6.45) is 0.702. The van der Waals surface area contributed by atoms with Crippen LogP contribution in [0.5, 0.6) is 11.5 Å². The number of hydrogen-bond acceptors (Lipinski definition) is 5. The zero-order chi connectivity index (χ0) is 23.7. The number of amides is 1. The van der Waals surface area contributed by atoms with Crippen LogP contribution in [-0.2, 0) is 27.8 Å². The van der Waals surface area contributed by atoms with E-state index >= 15 is 0 Å². The van der Waals surface area contributed by atoms with E-state index in [0.29, 0.717) is 44.2 Å². The Morgan fingerprint density at radius 1 is 0.941 bits per heavy atom. The highest BCUT2D eigenvalue weighted by Gasteiger charge is 2.31. The van der Waals surface area contributed by atoms with Crippen LogP contribution >= 0.6 is 0 Å². The molecule has 0 aliphatic carbocycles. The average molecular weight is 483 g/mol. The Morgan fingerprint density at radius 3 is 2.41 bits per heavy atom. The van der Waals surface area contributed by atoms with E-state index in [4.69, 9.17) is 9.47 Å². The summed E-state index contributed by atoms with van der Waals surface area (Å²) >= 11 is 0. The van der Waals surface area contributed by atoms with Crippen LogP contribution in [0.2, 0.25) is 0 Å². The molecule has 0 fully saturated rings. The molecule has 176 valence electrons. The topological polar surface area (TPSA) is 76.2 Å². The summed E-state index contributed by atoms with van der Waals surface area (Å²) in [5.74, 6) is -0.0497.